The third kappa shape index (κ3) is 5.95. The first-order valence-electron chi connectivity index (χ1n) is 13.5. The van der Waals surface area contributed by atoms with E-state index in [-0.39, 0.29) is 0 Å². The Balaban J connectivity index is 1.39. The highest BCUT2D eigenvalue weighted by atomic mass is 16.5. The number of methoxy groups -OCH3 is 1. The van der Waals surface area contributed by atoms with Crippen LogP contribution in [-0.4, -0.2) is 74.8 Å². The Bertz CT molecular complexity index is 1150. The Morgan fingerprint density at radius 1 is 1.06 bits per heavy atom. The molecule has 3 aromatic rings. The van der Waals surface area contributed by atoms with Gasteiger partial charge in [-0.05, 0) is 102 Å². The van der Waals surface area contributed by atoms with Gasteiger partial charge in [0, 0.05) is 30.2 Å². The van der Waals surface area contributed by atoms with Gasteiger partial charge in [-0.1, -0.05) is 0 Å². The lowest BCUT2D eigenvalue weighted by Gasteiger charge is -2.29. The third-order valence-electron chi connectivity index (χ3n) is 7.58. The van der Waals surface area contributed by atoms with Gasteiger partial charge in [0.2, 0.25) is 0 Å². The Labute approximate surface area is 214 Å². The molecule has 0 radical (unpaired) electrons. The van der Waals surface area contributed by atoms with Crippen molar-refractivity contribution < 1.29 is 13.9 Å². The molecule has 0 atom stereocenters. The van der Waals surface area contributed by atoms with Crippen molar-refractivity contribution >= 4 is 16.6 Å². The molecule has 7 nitrogen and oxygen atoms in total. The summed E-state index contributed by atoms with van der Waals surface area (Å²) in [6, 6.07) is 10.2. The highest BCUT2D eigenvalue weighted by molar-refractivity contribution is 5.95. The van der Waals surface area contributed by atoms with Crippen molar-refractivity contribution in [2.45, 2.75) is 39.0 Å². The molecular weight excluding hydrogens is 452 g/mol. The molecule has 0 unspecified atom stereocenters. The van der Waals surface area contributed by atoms with Crippen LogP contribution in [-0.2, 0) is 0 Å². The lowest BCUT2D eigenvalue weighted by atomic mass is 9.97. The van der Waals surface area contributed by atoms with E-state index in [0.29, 0.717) is 12.5 Å². The molecule has 0 aliphatic carbocycles. The van der Waals surface area contributed by atoms with Crippen LogP contribution in [0.25, 0.3) is 22.4 Å². The highest BCUT2D eigenvalue weighted by Gasteiger charge is 2.19. The van der Waals surface area contributed by atoms with Crippen LogP contribution in [0.1, 0.15) is 37.9 Å². The fourth-order valence-corrected chi connectivity index (χ4v) is 5.35. The van der Waals surface area contributed by atoms with Gasteiger partial charge in [-0.15, -0.1) is 0 Å². The van der Waals surface area contributed by atoms with Crippen LogP contribution in [0.5, 0.6) is 11.5 Å². The molecule has 4 heterocycles. The van der Waals surface area contributed by atoms with Gasteiger partial charge in [0.25, 0.3) is 0 Å². The van der Waals surface area contributed by atoms with Crippen LogP contribution in [0.4, 0.5) is 5.69 Å². The second kappa shape index (κ2) is 11.5. The Hall–Kier alpha value is -2.77. The molecule has 2 aliphatic heterocycles. The summed E-state index contributed by atoms with van der Waals surface area (Å²) in [4.78, 5) is 9.89. The van der Waals surface area contributed by atoms with Crippen molar-refractivity contribution in [2.24, 2.45) is 5.92 Å². The summed E-state index contributed by atoms with van der Waals surface area (Å²) in [5.74, 6) is 3.81. The molecule has 36 heavy (non-hydrogen) atoms. The van der Waals surface area contributed by atoms with E-state index in [1.54, 1.807) is 7.11 Å². The van der Waals surface area contributed by atoms with E-state index in [0.717, 1.165) is 77.9 Å². The standard InChI is InChI=1S/C29H40N4O3/c1-21-7-8-27(36-21)26-18-24(30-20-22-9-14-32(2)15-10-22)23-17-28(34-3)29(19-25(23)31-26)35-16-6-13-33-11-4-5-12-33/h7-8,17-19,22H,4-6,9-16,20H2,1-3H3,(H,30,31). The second-order valence-corrected chi connectivity index (χ2v) is 10.4. The van der Waals surface area contributed by atoms with Gasteiger partial charge in [-0.25, -0.2) is 4.98 Å². The van der Waals surface area contributed by atoms with Crippen LogP contribution in [0.3, 0.4) is 0 Å². The quantitative estimate of drug-likeness (QED) is 0.379. The SMILES string of the molecule is COc1cc2c(NCC3CCN(C)CC3)cc(-c3ccc(C)o3)nc2cc1OCCCN1CCCC1. The van der Waals surface area contributed by atoms with E-state index >= 15 is 0 Å². The van der Waals surface area contributed by atoms with Crippen LogP contribution in [0.15, 0.2) is 34.7 Å². The number of ether oxygens (including phenoxy) is 2. The van der Waals surface area contributed by atoms with Crippen molar-refractivity contribution in [3.05, 3.63) is 36.1 Å². The second-order valence-electron chi connectivity index (χ2n) is 10.4. The van der Waals surface area contributed by atoms with E-state index in [1.165, 1.54) is 38.8 Å². The number of aryl methyl sites for hydroxylation is 1. The normalized spacial score (nSPS) is 17.6. The molecule has 7 heteroatoms. The van der Waals surface area contributed by atoms with Crippen molar-refractivity contribution in [2.75, 3.05) is 65.3 Å². The number of aromatic nitrogens is 1. The van der Waals surface area contributed by atoms with Crippen LogP contribution >= 0.6 is 0 Å². The highest BCUT2D eigenvalue weighted by Crippen LogP contribution is 2.37. The monoisotopic (exact) mass is 492 g/mol. The van der Waals surface area contributed by atoms with Gasteiger partial charge in [-0.2, -0.15) is 0 Å². The number of fused-ring (bicyclic) bond motifs is 1. The maximum absolute atomic E-state index is 6.21. The minimum absolute atomic E-state index is 0.663. The van der Waals surface area contributed by atoms with E-state index in [9.17, 15) is 0 Å². The van der Waals surface area contributed by atoms with E-state index in [4.69, 9.17) is 18.9 Å². The zero-order chi connectivity index (χ0) is 24.9. The van der Waals surface area contributed by atoms with Gasteiger partial charge < -0.3 is 29.0 Å². The molecule has 0 saturated carbocycles. The number of hydrogen-bond acceptors (Lipinski definition) is 7. The number of pyridine rings is 1. The molecule has 0 spiro atoms. The topological polar surface area (TPSA) is 63.0 Å². The summed E-state index contributed by atoms with van der Waals surface area (Å²) in [7, 11) is 3.91. The first-order valence-corrected chi connectivity index (χ1v) is 13.5. The maximum atomic E-state index is 6.21. The third-order valence-corrected chi connectivity index (χ3v) is 7.58. The average molecular weight is 493 g/mol. The smallest absolute Gasteiger partial charge is 0.163 e. The van der Waals surface area contributed by atoms with E-state index in [1.807, 2.05) is 25.1 Å². The summed E-state index contributed by atoms with van der Waals surface area (Å²) < 4.78 is 17.9. The van der Waals surface area contributed by atoms with E-state index in [2.05, 4.69) is 34.3 Å². The summed E-state index contributed by atoms with van der Waals surface area (Å²) in [6.45, 7) is 9.40. The number of nitrogens with zero attached hydrogens (tertiary/aromatic N) is 3. The van der Waals surface area contributed by atoms with Crippen molar-refractivity contribution in [3.63, 3.8) is 0 Å². The van der Waals surface area contributed by atoms with Gasteiger partial charge in [0.1, 0.15) is 11.5 Å². The molecule has 1 N–H and O–H groups in total. The number of benzene rings is 1. The minimum atomic E-state index is 0.663. The number of rotatable bonds is 10. The number of nitrogens with one attached hydrogen (secondary N) is 1. The first-order chi connectivity index (χ1) is 17.6. The number of piperidine rings is 1. The van der Waals surface area contributed by atoms with Gasteiger partial charge in [-0.3, -0.25) is 0 Å². The zero-order valence-electron chi connectivity index (χ0n) is 22.0. The minimum Gasteiger partial charge on any atom is -0.493 e. The fraction of sp³-hybridized carbons (Fsp3) is 0.552. The van der Waals surface area contributed by atoms with Gasteiger partial charge in [0.05, 0.1) is 19.2 Å². The first kappa shape index (κ1) is 24.9. The zero-order valence-corrected chi connectivity index (χ0v) is 22.0. The van der Waals surface area contributed by atoms with Crippen molar-refractivity contribution in [3.8, 4) is 23.0 Å². The molecule has 2 aromatic heterocycles. The Morgan fingerprint density at radius 2 is 1.86 bits per heavy atom. The Morgan fingerprint density at radius 3 is 2.58 bits per heavy atom. The fourth-order valence-electron chi connectivity index (χ4n) is 5.35. The largest absolute Gasteiger partial charge is 0.493 e. The average Bonchev–Trinajstić information content (AvgIpc) is 3.57. The predicted octanol–water partition coefficient (Wildman–Crippen LogP) is 5.43. The number of furan rings is 1. The van der Waals surface area contributed by atoms with Crippen LogP contribution in [0, 0.1) is 12.8 Å². The molecule has 0 amide bonds. The summed E-state index contributed by atoms with van der Waals surface area (Å²) >= 11 is 0. The molecule has 2 aliphatic rings. The van der Waals surface area contributed by atoms with Crippen molar-refractivity contribution in [1.29, 1.82) is 0 Å². The number of anilines is 1. The summed E-state index contributed by atoms with van der Waals surface area (Å²) in [6.07, 6.45) is 6.07. The predicted molar refractivity (Wildman–Crippen MR) is 145 cm³/mol. The molecule has 194 valence electrons. The summed E-state index contributed by atoms with van der Waals surface area (Å²) in [5, 5.41) is 4.78. The number of hydrogen-bond donors (Lipinski definition) is 1. The van der Waals surface area contributed by atoms with E-state index < -0.39 is 0 Å². The van der Waals surface area contributed by atoms with Crippen LogP contribution < -0.4 is 14.8 Å². The van der Waals surface area contributed by atoms with Gasteiger partial charge >= 0.3 is 0 Å². The van der Waals surface area contributed by atoms with Crippen molar-refractivity contribution in [1.82, 2.24) is 14.8 Å². The number of likely N-dealkylation sites (tertiary alicyclic amines) is 2. The molecule has 1 aromatic carbocycles. The molecule has 2 fully saturated rings. The van der Waals surface area contributed by atoms with Gasteiger partial charge in [0.15, 0.2) is 17.3 Å². The molecule has 0 bridgehead atoms. The lowest BCUT2D eigenvalue weighted by molar-refractivity contribution is 0.226. The maximum Gasteiger partial charge on any atom is 0.163 e. The summed E-state index contributed by atoms with van der Waals surface area (Å²) in [5.41, 5.74) is 2.76. The Kier molecular flexibility index (Phi) is 7.97. The lowest BCUT2D eigenvalue weighted by Crippen LogP contribution is -2.32. The van der Waals surface area contributed by atoms with Crippen LogP contribution in [0.2, 0.25) is 0 Å². The molecule has 5 rings (SSSR count). The molecular formula is C29H40N4O3. The molecule has 2 saturated heterocycles.